The van der Waals surface area contributed by atoms with E-state index in [-0.39, 0.29) is 24.3 Å². The molecule has 0 aromatic heterocycles. The van der Waals surface area contributed by atoms with Crippen LogP contribution in [0.5, 0.6) is 5.75 Å². The third-order valence-electron chi connectivity index (χ3n) is 3.39. The number of hydrogen-bond donors (Lipinski definition) is 2. The van der Waals surface area contributed by atoms with Gasteiger partial charge in [-0.1, -0.05) is 25.4 Å². The van der Waals surface area contributed by atoms with Crippen LogP contribution in [0.4, 0.5) is 0 Å². The van der Waals surface area contributed by atoms with Gasteiger partial charge in [-0.15, -0.1) is 0 Å². The van der Waals surface area contributed by atoms with E-state index in [4.69, 9.17) is 16.3 Å². The minimum absolute atomic E-state index is 0.148. The minimum Gasteiger partial charge on any atom is -0.483 e. The third kappa shape index (κ3) is 5.75. The molecule has 0 saturated heterocycles. The highest BCUT2D eigenvalue weighted by Gasteiger charge is 2.16. The highest BCUT2D eigenvalue weighted by Crippen LogP contribution is 2.31. The fourth-order valence-corrected chi connectivity index (χ4v) is 2.24. The smallest absolute Gasteiger partial charge is 0.258 e. The molecule has 0 aliphatic heterocycles. The minimum atomic E-state index is -0.595. The van der Waals surface area contributed by atoms with Crippen molar-refractivity contribution in [3.05, 3.63) is 28.3 Å². The van der Waals surface area contributed by atoms with Gasteiger partial charge in [-0.2, -0.15) is 0 Å². The summed E-state index contributed by atoms with van der Waals surface area (Å²) in [5, 5.41) is 5.94. The average Bonchev–Trinajstić information content (AvgIpc) is 2.47. The van der Waals surface area contributed by atoms with Crippen LogP contribution in [0.3, 0.4) is 0 Å². The van der Waals surface area contributed by atoms with E-state index in [1.165, 1.54) is 0 Å². The Hall–Kier alpha value is -1.75. The Morgan fingerprint density at radius 2 is 1.91 bits per heavy atom. The van der Waals surface area contributed by atoms with E-state index in [0.29, 0.717) is 17.3 Å². The summed E-state index contributed by atoms with van der Waals surface area (Å²) in [6.45, 7) is 9.79. The average molecular weight is 341 g/mol. The van der Waals surface area contributed by atoms with Crippen molar-refractivity contribution in [2.24, 2.45) is 0 Å². The predicted octanol–water partition coefficient (Wildman–Crippen LogP) is 2.79. The number of rotatable bonds is 7. The van der Waals surface area contributed by atoms with Gasteiger partial charge in [0.25, 0.3) is 5.91 Å². The van der Waals surface area contributed by atoms with E-state index in [1.54, 1.807) is 6.92 Å². The molecule has 5 nitrogen and oxygen atoms in total. The van der Waals surface area contributed by atoms with E-state index in [2.05, 4.69) is 10.6 Å². The Labute approximate surface area is 142 Å². The Bertz CT molecular complexity index is 573. The maximum Gasteiger partial charge on any atom is 0.258 e. The first-order valence-electron chi connectivity index (χ1n) is 7.76. The fourth-order valence-electron chi connectivity index (χ4n) is 2.07. The van der Waals surface area contributed by atoms with Gasteiger partial charge in [0.2, 0.25) is 5.91 Å². The van der Waals surface area contributed by atoms with Crippen LogP contribution in [-0.4, -0.2) is 31.0 Å². The zero-order chi connectivity index (χ0) is 17.6. The molecule has 1 atom stereocenters. The first kappa shape index (κ1) is 19.3. The molecule has 0 radical (unpaired) electrons. The van der Waals surface area contributed by atoms with Crippen LogP contribution in [0.2, 0.25) is 5.02 Å². The summed E-state index contributed by atoms with van der Waals surface area (Å²) in [5.41, 5.74) is 1.84. The summed E-state index contributed by atoms with van der Waals surface area (Å²) in [4.78, 5) is 23.5. The van der Waals surface area contributed by atoms with E-state index in [9.17, 15) is 9.59 Å². The monoisotopic (exact) mass is 340 g/mol. The summed E-state index contributed by atoms with van der Waals surface area (Å²) < 4.78 is 5.63. The zero-order valence-electron chi connectivity index (χ0n) is 14.3. The molecule has 0 bridgehead atoms. The van der Waals surface area contributed by atoms with Crippen molar-refractivity contribution in [3.8, 4) is 5.75 Å². The molecule has 23 heavy (non-hydrogen) atoms. The lowest BCUT2D eigenvalue weighted by molar-refractivity contribution is -0.129. The summed E-state index contributed by atoms with van der Waals surface area (Å²) in [6, 6.07) is 3.10. The third-order valence-corrected chi connectivity index (χ3v) is 3.80. The van der Waals surface area contributed by atoms with Crippen LogP contribution < -0.4 is 15.4 Å². The molecule has 0 fully saturated rings. The summed E-state index contributed by atoms with van der Waals surface area (Å²) >= 11 is 6.15. The molecule has 128 valence electrons. The molecule has 2 amide bonds. The van der Waals surface area contributed by atoms with E-state index in [1.807, 2.05) is 39.8 Å². The van der Waals surface area contributed by atoms with Crippen molar-refractivity contribution in [1.82, 2.24) is 10.6 Å². The van der Waals surface area contributed by atoms with Gasteiger partial charge >= 0.3 is 0 Å². The molecule has 0 spiro atoms. The number of hydrogen-bond acceptors (Lipinski definition) is 3. The van der Waals surface area contributed by atoms with Gasteiger partial charge in [-0.25, -0.2) is 0 Å². The van der Waals surface area contributed by atoms with Crippen molar-refractivity contribution in [3.63, 3.8) is 0 Å². The zero-order valence-corrected chi connectivity index (χ0v) is 15.1. The van der Waals surface area contributed by atoms with Gasteiger partial charge in [0.15, 0.2) is 6.61 Å². The van der Waals surface area contributed by atoms with Crippen molar-refractivity contribution >= 4 is 23.4 Å². The van der Waals surface area contributed by atoms with Gasteiger partial charge in [0.05, 0.1) is 0 Å². The molecule has 0 saturated carbocycles. The largest absolute Gasteiger partial charge is 0.483 e. The number of ether oxygens (including phenoxy) is 1. The number of nitrogens with one attached hydrogen (secondary N) is 2. The lowest BCUT2D eigenvalue weighted by Crippen LogP contribution is -2.46. The molecule has 6 heteroatoms. The number of aryl methyl sites for hydroxylation is 1. The highest BCUT2D eigenvalue weighted by molar-refractivity contribution is 6.31. The van der Waals surface area contributed by atoms with Gasteiger partial charge in [-0.05, 0) is 49.9 Å². The maximum atomic E-state index is 11.9. The molecule has 1 rings (SSSR count). The topological polar surface area (TPSA) is 67.4 Å². The standard InChI is InChI=1S/C17H25ClN2O3/c1-6-19-17(22)12(5)20-16(21)9-23-15-7-11(4)14(18)8-13(15)10(2)3/h7-8,10,12H,6,9H2,1-5H3,(H,19,22)(H,20,21). The number of carbonyl (C=O) groups is 2. The molecular formula is C17H25ClN2O3. The predicted molar refractivity (Wildman–Crippen MR) is 92.1 cm³/mol. The van der Waals surface area contributed by atoms with Gasteiger partial charge in [0.1, 0.15) is 11.8 Å². The number of amides is 2. The van der Waals surface area contributed by atoms with E-state index < -0.39 is 6.04 Å². The maximum absolute atomic E-state index is 11.9. The first-order chi connectivity index (χ1) is 10.8. The fraction of sp³-hybridized carbons (Fsp3) is 0.529. The SMILES string of the molecule is CCNC(=O)C(C)NC(=O)COc1cc(C)c(Cl)cc1C(C)C. The first-order valence-corrected chi connectivity index (χ1v) is 8.13. The van der Waals surface area contributed by atoms with Crippen LogP contribution >= 0.6 is 11.6 Å². The normalized spacial score (nSPS) is 12.0. The Morgan fingerprint density at radius 3 is 2.48 bits per heavy atom. The number of halogens is 1. The molecular weight excluding hydrogens is 316 g/mol. The van der Waals surface area contributed by atoms with Crippen LogP contribution in [-0.2, 0) is 9.59 Å². The lowest BCUT2D eigenvalue weighted by Gasteiger charge is -2.17. The number of benzene rings is 1. The summed E-state index contributed by atoms with van der Waals surface area (Å²) in [5.74, 6) is 0.306. The van der Waals surface area contributed by atoms with E-state index in [0.717, 1.165) is 11.1 Å². The highest BCUT2D eigenvalue weighted by atomic mass is 35.5. The van der Waals surface area contributed by atoms with Crippen molar-refractivity contribution in [2.75, 3.05) is 13.2 Å². The number of carbonyl (C=O) groups excluding carboxylic acids is 2. The van der Waals surface area contributed by atoms with Crippen molar-refractivity contribution in [2.45, 2.75) is 46.6 Å². The quantitative estimate of drug-likeness (QED) is 0.802. The van der Waals surface area contributed by atoms with Gasteiger partial charge in [0, 0.05) is 11.6 Å². The Balaban J connectivity index is 2.69. The van der Waals surface area contributed by atoms with Gasteiger partial charge < -0.3 is 15.4 Å². The molecule has 1 aromatic carbocycles. The van der Waals surface area contributed by atoms with Crippen LogP contribution in [0.1, 0.15) is 44.7 Å². The second-order valence-corrected chi connectivity index (χ2v) is 6.17. The van der Waals surface area contributed by atoms with E-state index >= 15 is 0 Å². The van der Waals surface area contributed by atoms with Gasteiger partial charge in [-0.3, -0.25) is 9.59 Å². The summed E-state index contributed by atoms with van der Waals surface area (Å²) in [7, 11) is 0. The van der Waals surface area contributed by atoms with Crippen LogP contribution in [0, 0.1) is 6.92 Å². The summed E-state index contributed by atoms with van der Waals surface area (Å²) in [6.07, 6.45) is 0. The second kappa shape index (κ2) is 8.77. The van der Waals surface area contributed by atoms with Crippen LogP contribution in [0.25, 0.3) is 0 Å². The molecule has 2 N–H and O–H groups in total. The molecule has 0 heterocycles. The van der Waals surface area contributed by atoms with Crippen molar-refractivity contribution in [1.29, 1.82) is 0 Å². The Kier molecular flexibility index (Phi) is 7.36. The molecule has 0 aliphatic carbocycles. The molecule has 1 unspecified atom stereocenters. The number of likely N-dealkylation sites (N-methyl/N-ethyl adjacent to an activating group) is 1. The molecule has 1 aromatic rings. The Morgan fingerprint density at radius 1 is 1.26 bits per heavy atom. The molecule has 0 aliphatic rings. The van der Waals surface area contributed by atoms with Crippen LogP contribution in [0.15, 0.2) is 12.1 Å². The van der Waals surface area contributed by atoms with Crippen molar-refractivity contribution < 1.29 is 14.3 Å². The lowest BCUT2D eigenvalue weighted by atomic mass is 10.0. The second-order valence-electron chi connectivity index (χ2n) is 5.77.